The molecule has 15 heavy (non-hydrogen) atoms. The van der Waals surface area contributed by atoms with E-state index in [1.54, 1.807) is 0 Å². The molecule has 0 amide bonds. The molecule has 1 heterocycles. The zero-order chi connectivity index (χ0) is 10.5. The van der Waals surface area contributed by atoms with Crippen molar-refractivity contribution in [2.75, 3.05) is 5.32 Å². The van der Waals surface area contributed by atoms with Crippen molar-refractivity contribution in [3.05, 3.63) is 24.4 Å². The lowest BCUT2D eigenvalue weighted by molar-refractivity contribution is 0.455. The van der Waals surface area contributed by atoms with Crippen LogP contribution in [0.4, 0.5) is 5.82 Å². The van der Waals surface area contributed by atoms with Gasteiger partial charge in [0.1, 0.15) is 5.82 Å². The van der Waals surface area contributed by atoms with Crippen LogP contribution in [0.1, 0.15) is 39.0 Å². The molecule has 1 aliphatic carbocycles. The summed E-state index contributed by atoms with van der Waals surface area (Å²) in [6, 6.07) is 6.66. The van der Waals surface area contributed by atoms with Gasteiger partial charge in [-0.1, -0.05) is 32.3 Å². The minimum Gasteiger partial charge on any atom is -0.367 e. The molecule has 2 rings (SSSR count). The molecule has 1 aliphatic rings. The molecule has 82 valence electrons. The fraction of sp³-hybridized carbons (Fsp3) is 0.615. The van der Waals surface area contributed by atoms with Crippen LogP contribution >= 0.6 is 0 Å². The van der Waals surface area contributed by atoms with E-state index in [1.807, 2.05) is 18.3 Å². The molecule has 2 heteroatoms. The lowest BCUT2D eigenvalue weighted by atomic mass is 9.97. The quantitative estimate of drug-likeness (QED) is 0.746. The lowest BCUT2D eigenvalue weighted by Crippen LogP contribution is -2.26. The molecule has 2 nitrogen and oxygen atoms in total. The third-order valence-corrected chi connectivity index (χ3v) is 3.36. The number of rotatable bonds is 2. The highest BCUT2D eigenvalue weighted by Crippen LogP contribution is 2.25. The van der Waals surface area contributed by atoms with Gasteiger partial charge in [-0.05, 0) is 30.9 Å². The fourth-order valence-electron chi connectivity index (χ4n) is 2.35. The van der Waals surface area contributed by atoms with E-state index in [9.17, 15) is 0 Å². The Balaban J connectivity index is 1.97. The average Bonchev–Trinajstić information content (AvgIpc) is 2.46. The zero-order valence-corrected chi connectivity index (χ0v) is 9.45. The first kappa shape index (κ1) is 10.5. The molecule has 2 atom stereocenters. The van der Waals surface area contributed by atoms with E-state index in [-0.39, 0.29) is 0 Å². The Kier molecular flexibility index (Phi) is 3.59. The van der Waals surface area contributed by atoms with Gasteiger partial charge < -0.3 is 5.32 Å². The summed E-state index contributed by atoms with van der Waals surface area (Å²) >= 11 is 0. The Morgan fingerprint density at radius 3 is 2.87 bits per heavy atom. The molecule has 1 aromatic heterocycles. The van der Waals surface area contributed by atoms with Crippen molar-refractivity contribution < 1.29 is 0 Å². The summed E-state index contributed by atoms with van der Waals surface area (Å²) in [5, 5.41) is 3.56. The maximum absolute atomic E-state index is 4.33. The molecule has 2 unspecified atom stereocenters. The van der Waals surface area contributed by atoms with E-state index in [4.69, 9.17) is 0 Å². The Morgan fingerprint density at radius 1 is 1.20 bits per heavy atom. The van der Waals surface area contributed by atoms with Gasteiger partial charge in [-0.3, -0.25) is 0 Å². The van der Waals surface area contributed by atoms with Crippen LogP contribution in [0.5, 0.6) is 0 Å². The van der Waals surface area contributed by atoms with Crippen molar-refractivity contribution in [2.45, 2.75) is 45.1 Å². The first-order valence-corrected chi connectivity index (χ1v) is 6.04. The van der Waals surface area contributed by atoms with Gasteiger partial charge in [0.15, 0.2) is 0 Å². The summed E-state index contributed by atoms with van der Waals surface area (Å²) in [5.74, 6) is 1.80. The van der Waals surface area contributed by atoms with Gasteiger partial charge >= 0.3 is 0 Å². The van der Waals surface area contributed by atoms with Gasteiger partial charge in [-0.25, -0.2) is 4.98 Å². The smallest absolute Gasteiger partial charge is 0.126 e. The molecule has 0 radical (unpaired) electrons. The first-order valence-electron chi connectivity index (χ1n) is 6.04. The van der Waals surface area contributed by atoms with Gasteiger partial charge in [-0.2, -0.15) is 0 Å². The van der Waals surface area contributed by atoms with E-state index >= 15 is 0 Å². The second kappa shape index (κ2) is 5.15. The zero-order valence-electron chi connectivity index (χ0n) is 9.45. The normalized spacial score (nSPS) is 27.0. The predicted molar refractivity (Wildman–Crippen MR) is 63.9 cm³/mol. The van der Waals surface area contributed by atoms with Crippen molar-refractivity contribution in [3.63, 3.8) is 0 Å². The van der Waals surface area contributed by atoms with Gasteiger partial charge in [0.25, 0.3) is 0 Å². The maximum Gasteiger partial charge on any atom is 0.126 e. The summed E-state index contributed by atoms with van der Waals surface area (Å²) in [5.41, 5.74) is 0. The molecule has 0 aromatic carbocycles. The third-order valence-electron chi connectivity index (χ3n) is 3.36. The van der Waals surface area contributed by atoms with Crippen LogP contribution in [0.25, 0.3) is 0 Å². The number of anilines is 1. The summed E-state index contributed by atoms with van der Waals surface area (Å²) in [7, 11) is 0. The Labute approximate surface area is 92.1 Å². The van der Waals surface area contributed by atoms with Crippen LogP contribution in [0, 0.1) is 5.92 Å². The minimum atomic E-state index is 0.613. The Bertz CT molecular complexity index is 284. The molecular formula is C13H20N2. The molecule has 0 saturated heterocycles. The molecule has 0 spiro atoms. The number of nitrogens with one attached hydrogen (secondary N) is 1. The van der Waals surface area contributed by atoms with Crippen molar-refractivity contribution in [2.24, 2.45) is 5.92 Å². The molecule has 1 fully saturated rings. The predicted octanol–water partition coefficient (Wildman–Crippen LogP) is 3.46. The van der Waals surface area contributed by atoms with Gasteiger partial charge in [0, 0.05) is 12.2 Å². The second-order valence-electron chi connectivity index (χ2n) is 4.58. The highest BCUT2D eigenvalue weighted by atomic mass is 15.0. The monoisotopic (exact) mass is 204 g/mol. The SMILES string of the molecule is CC1CCCCCC1Nc1ccccn1. The van der Waals surface area contributed by atoms with E-state index < -0.39 is 0 Å². The highest BCUT2D eigenvalue weighted by Gasteiger charge is 2.19. The molecular weight excluding hydrogens is 184 g/mol. The first-order chi connectivity index (χ1) is 7.36. The number of pyridine rings is 1. The van der Waals surface area contributed by atoms with Crippen molar-refractivity contribution in [3.8, 4) is 0 Å². The maximum atomic E-state index is 4.33. The number of aromatic nitrogens is 1. The molecule has 0 aliphatic heterocycles. The number of hydrogen-bond donors (Lipinski definition) is 1. The van der Waals surface area contributed by atoms with Crippen LogP contribution in [0.15, 0.2) is 24.4 Å². The topological polar surface area (TPSA) is 24.9 Å². The second-order valence-corrected chi connectivity index (χ2v) is 4.58. The van der Waals surface area contributed by atoms with Crippen molar-refractivity contribution in [1.82, 2.24) is 4.98 Å². The highest BCUT2D eigenvalue weighted by molar-refractivity contribution is 5.34. The van der Waals surface area contributed by atoms with Crippen molar-refractivity contribution >= 4 is 5.82 Å². The summed E-state index contributed by atoms with van der Waals surface area (Å²) in [6.45, 7) is 2.35. The lowest BCUT2D eigenvalue weighted by Gasteiger charge is -2.23. The number of nitrogens with zero attached hydrogens (tertiary/aromatic N) is 1. The molecule has 1 saturated carbocycles. The Hall–Kier alpha value is -1.05. The van der Waals surface area contributed by atoms with Gasteiger partial charge in [0.2, 0.25) is 0 Å². The molecule has 0 bridgehead atoms. The van der Waals surface area contributed by atoms with Crippen LogP contribution < -0.4 is 5.32 Å². The van der Waals surface area contributed by atoms with Crippen molar-refractivity contribution in [1.29, 1.82) is 0 Å². The molecule has 1 aromatic rings. The fourth-order valence-corrected chi connectivity index (χ4v) is 2.35. The van der Waals surface area contributed by atoms with Crippen LogP contribution in [-0.2, 0) is 0 Å². The van der Waals surface area contributed by atoms with Gasteiger partial charge in [-0.15, -0.1) is 0 Å². The largest absolute Gasteiger partial charge is 0.367 e. The van der Waals surface area contributed by atoms with E-state index in [2.05, 4.69) is 23.3 Å². The van der Waals surface area contributed by atoms with E-state index in [0.29, 0.717) is 6.04 Å². The summed E-state index contributed by atoms with van der Waals surface area (Å²) in [6.07, 6.45) is 8.63. The summed E-state index contributed by atoms with van der Waals surface area (Å²) in [4.78, 5) is 4.33. The third kappa shape index (κ3) is 2.95. The molecule has 1 N–H and O–H groups in total. The average molecular weight is 204 g/mol. The Morgan fingerprint density at radius 2 is 2.07 bits per heavy atom. The summed E-state index contributed by atoms with van der Waals surface area (Å²) < 4.78 is 0. The van der Waals surface area contributed by atoms with Gasteiger partial charge in [0.05, 0.1) is 0 Å². The minimum absolute atomic E-state index is 0.613. The van der Waals surface area contributed by atoms with Crippen LogP contribution in [0.2, 0.25) is 0 Å². The van der Waals surface area contributed by atoms with E-state index in [1.165, 1.54) is 32.1 Å². The van der Waals surface area contributed by atoms with E-state index in [0.717, 1.165) is 11.7 Å². The van der Waals surface area contributed by atoms with Crippen LogP contribution in [0.3, 0.4) is 0 Å². The standard InChI is InChI=1S/C13H20N2/c1-11-7-3-2-4-8-12(11)15-13-9-5-6-10-14-13/h5-6,9-12H,2-4,7-8H2,1H3,(H,14,15). The van der Waals surface area contributed by atoms with Crippen LogP contribution in [-0.4, -0.2) is 11.0 Å². The number of hydrogen-bond acceptors (Lipinski definition) is 2.